The molecule has 0 unspecified atom stereocenters. The zero-order valence-electron chi connectivity index (χ0n) is 9.62. The van der Waals surface area contributed by atoms with Gasteiger partial charge in [-0.1, -0.05) is 41.0 Å². The van der Waals surface area contributed by atoms with Crippen molar-refractivity contribution >= 4 is 45.8 Å². The lowest BCUT2D eigenvalue weighted by molar-refractivity contribution is 0.499. The van der Waals surface area contributed by atoms with E-state index in [9.17, 15) is 0 Å². The number of hydrogen-bond donors (Lipinski definition) is 0. The van der Waals surface area contributed by atoms with E-state index in [1.54, 1.807) is 11.8 Å². The highest BCUT2D eigenvalue weighted by Crippen LogP contribution is 2.34. The number of halogens is 2. The number of para-hydroxylation sites is 1. The average Bonchev–Trinajstić information content (AvgIpc) is 2.49. The summed E-state index contributed by atoms with van der Waals surface area (Å²) in [5, 5.41) is 2.20. The van der Waals surface area contributed by atoms with E-state index < -0.39 is 0 Å². The molecule has 0 spiro atoms. The number of thioether (sulfide) groups is 1. The maximum atomic E-state index is 6.12. The van der Waals surface area contributed by atoms with Gasteiger partial charge in [-0.25, -0.2) is 4.99 Å². The Morgan fingerprint density at radius 3 is 2.65 bits per heavy atom. The first-order valence-corrected chi connectivity index (χ1v) is 7.29. The van der Waals surface area contributed by atoms with Crippen LogP contribution in [-0.4, -0.2) is 29.4 Å². The Labute approximate surface area is 116 Å². The summed E-state index contributed by atoms with van der Waals surface area (Å²) in [7, 11) is 2.06. The lowest BCUT2D eigenvalue weighted by Crippen LogP contribution is -2.23. The van der Waals surface area contributed by atoms with E-state index in [-0.39, 0.29) is 0 Å². The number of rotatable bonds is 1. The standard InChI is InChI=1S/C12H14Cl2N2S/c1-16-7-2-3-8-17-12(16)15-11-9(13)5-4-6-10(11)14/h4-6H,2-3,7-8H2,1H3. The van der Waals surface area contributed by atoms with E-state index in [4.69, 9.17) is 23.2 Å². The average molecular weight is 289 g/mol. The molecule has 1 aromatic carbocycles. The fourth-order valence-electron chi connectivity index (χ4n) is 1.63. The van der Waals surface area contributed by atoms with Crippen molar-refractivity contribution in [1.82, 2.24) is 4.90 Å². The van der Waals surface area contributed by atoms with E-state index in [1.165, 1.54) is 12.8 Å². The molecule has 0 bridgehead atoms. The van der Waals surface area contributed by atoms with E-state index in [1.807, 2.05) is 18.2 Å². The molecule has 17 heavy (non-hydrogen) atoms. The summed E-state index contributed by atoms with van der Waals surface area (Å²) < 4.78 is 0. The van der Waals surface area contributed by atoms with Gasteiger partial charge in [0.1, 0.15) is 5.69 Å². The van der Waals surface area contributed by atoms with Crippen molar-refractivity contribution in [2.24, 2.45) is 4.99 Å². The summed E-state index contributed by atoms with van der Waals surface area (Å²) in [4.78, 5) is 6.76. The summed E-state index contributed by atoms with van der Waals surface area (Å²) >= 11 is 14.0. The van der Waals surface area contributed by atoms with Crippen LogP contribution in [0, 0.1) is 0 Å². The maximum Gasteiger partial charge on any atom is 0.164 e. The summed E-state index contributed by atoms with van der Waals surface area (Å²) in [5.74, 6) is 1.10. The van der Waals surface area contributed by atoms with Crippen molar-refractivity contribution in [2.75, 3.05) is 19.3 Å². The minimum absolute atomic E-state index is 0.600. The van der Waals surface area contributed by atoms with Crippen LogP contribution in [0.4, 0.5) is 5.69 Å². The highest BCUT2D eigenvalue weighted by Gasteiger charge is 2.13. The van der Waals surface area contributed by atoms with Crippen molar-refractivity contribution in [3.05, 3.63) is 28.2 Å². The Bertz CT molecular complexity index is 414. The van der Waals surface area contributed by atoms with Crippen LogP contribution in [-0.2, 0) is 0 Å². The number of hydrogen-bond acceptors (Lipinski definition) is 2. The Kier molecular flexibility index (Phi) is 4.60. The van der Waals surface area contributed by atoms with Crippen LogP contribution in [0.15, 0.2) is 23.2 Å². The molecule has 0 aliphatic carbocycles. The lowest BCUT2D eigenvalue weighted by Gasteiger charge is -2.17. The molecule has 92 valence electrons. The van der Waals surface area contributed by atoms with Crippen LogP contribution in [0.3, 0.4) is 0 Å². The first-order valence-electron chi connectivity index (χ1n) is 5.55. The molecule has 0 amide bonds. The molecule has 0 atom stereocenters. The van der Waals surface area contributed by atoms with Crippen LogP contribution >= 0.6 is 35.0 Å². The van der Waals surface area contributed by atoms with E-state index >= 15 is 0 Å². The third-order valence-electron chi connectivity index (χ3n) is 2.59. The van der Waals surface area contributed by atoms with Crippen molar-refractivity contribution < 1.29 is 0 Å². The minimum Gasteiger partial charge on any atom is -0.354 e. The van der Waals surface area contributed by atoms with Gasteiger partial charge in [0, 0.05) is 19.3 Å². The fraction of sp³-hybridized carbons (Fsp3) is 0.417. The number of nitrogens with zero attached hydrogens (tertiary/aromatic N) is 2. The summed E-state index contributed by atoms with van der Waals surface area (Å²) in [6.45, 7) is 1.04. The molecule has 1 aromatic rings. The van der Waals surface area contributed by atoms with Crippen molar-refractivity contribution in [1.29, 1.82) is 0 Å². The van der Waals surface area contributed by atoms with Crippen LogP contribution in [0.25, 0.3) is 0 Å². The first-order chi connectivity index (χ1) is 8.18. The predicted molar refractivity (Wildman–Crippen MR) is 77.9 cm³/mol. The lowest BCUT2D eigenvalue weighted by atomic mass is 10.3. The van der Waals surface area contributed by atoms with E-state index in [0.29, 0.717) is 15.7 Å². The summed E-state index contributed by atoms with van der Waals surface area (Å²) in [5.41, 5.74) is 0.673. The second-order valence-electron chi connectivity index (χ2n) is 3.94. The maximum absolute atomic E-state index is 6.12. The third-order valence-corrected chi connectivity index (χ3v) is 4.35. The van der Waals surface area contributed by atoms with Crippen LogP contribution in [0.5, 0.6) is 0 Å². The predicted octanol–water partition coefficient (Wildman–Crippen LogP) is 4.44. The van der Waals surface area contributed by atoms with Crippen molar-refractivity contribution in [3.8, 4) is 0 Å². The number of amidine groups is 1. The van der Waals surface area contributed by atoms with Crippen LogP contribution in [0.2, 0.25) is 10.0 Å². The molecule has 1 aliphatic rings. The summed E-state index contributed by atoms with van der Waals surface area (Å²) in [6, 6.07) is 5.46. The molecule has 1 fully saturated rings. The molecule has 2 nitrogen and oxygen atoms in total. The van der Waals surface area contributed by atoms with Gasteiger partial charge < -0.3 is 4.90 Å². The van der Waals surface area contributed by atoms with E-state index in [2.05, 4.69) is 16.9 Å². The van der Waals surface area contributed by atoms with Gasteiger partial charge in [-0.2, -0.15) is 0 Å². The molecule has 1 aliphatic heterocycles. The molecule has 0 aromatic heterocycles. The Morgan fingerprint density at radius 1 is 1.24 bits per heavy atom. The number of aliphatic imine (C=N–C) groups is 1. The van der Waals surface area contributed by atoms with Crippen molar-refractivity contribution in [2.45, 2.75) is 12.8 Å². The monoisotopic (exact) mass is 288 g/mol. The van der Waals surface area contributed by atoms with Gasteiger partial charge in [0.25, 0.3) is 0 Å². The fourth-order valence-corrected chi connectivity index (χ4v) is 3.11. The molecule has 1 heterocycles. The molecule has 0 N–H and O–H groups in total. The smallest absolute Gasteiger partial charge is 0.164 e. The minimum atomic E-state index is 0.600. The zero-order valence-corrected chi connectivity index (χ0v) is 11.9. The molecular weight excluding hydrogens is 275 g/mol. The van der Waals surface area contributed by atoms with Gasteiger partial charge in [0.2, 0.25) is 0 Å². The van der Waals surface area contributed by atoms with Crippen LogP contribution in [0.1, 0.15) is 12.8 Å². The first kappa shape index (κ1) is 13.1. The normalized spacial score (nSPS) is 19.5. The summed E-state index contributed by atoms with van der Waals surface area (Å²) in [6.07, 6.45) is 2.43. The highest BCUT2D eigenvalue weighted by atomic mass is 35.5. The third kappa shape index (κ3) is 3.30. The van der Waals surface area contributed by atoms with Gasteiger partial charge in [-0.3, -0.25) is 0 Å². The van der Waals surface area contributed by atoms with Gasteiger partial charge in [0.05, 0.1) is 10.0 Å². The molecule has 2 rings (SSSR count). The second kappa shape index (κ2) is 5.98. The Hall–Kier alpha value is -0.380. The van der Waals surface area contributed by atoms with Gasteiger partial charge in [-0.05, 0) is 25.0 Å². The highest BCUT2D eigenvalue weighted by molar-refractivity contribution is 8.13. The quantitative estimate of drug-likeness (QED) is 0.759. The molecule has 5 heteroatoms. The second-order valence-corrected chi connectivity index (χ2v) is 5.82. The molecular formula is C12H14Cl2N2S. The molecule has 0 radical (unpaired) electrons. The molecule has 1 saturated heterocycles. The SMILES string of the molecule is CN1CCCCSC1=Nc1c(Cl)cccc1Cl. The largest absolute Gasteiger partial charge is 0.354 e. The Morgan fingerprint density at radius 2 is 1.94 bits per heavy atom. The number of benzene rings is 1. The van der Waals surface area contributed by atoms with Gasteiger partial charge in [-0.15, -0.1) is 0 Å². The molecule has 0 saturated carbocycles. The van der Waals surface area contributed by atoms with Crippen LogP contribution < -0.4 is 0 Å². The van der Waals surface area contributed by atoms with Gasteiger partial charge >= 0.3 is 0 Å². The van der Waals surface area contributed by atoms with Crippen molar-refractivity contribution in [3.63, 3.8) is 0 Å². The van der Waals surface area contributed by atoms with Gasteiger partial charge in [0.15, 0.2) is 5.17 Å². The zero-order chi connectivity index (χ0) is 12.3. The van der Waals surface area contributed by atoms with E-state index in [0.717, 1.165) is 17.5 Å². The topological polar surface area (TPSA) is 15.6 Å². The Balaban J connectivity index is 2.33.